The Labute approximate surface area is 134 Å². The molecule has 116 valence electrons. The van der Waals surface area contributed by atoms with Gasteiger partial charge in [0.1, 0.15) is 0 Å². The van der Waals surface area contributed by atoms with Gasteiger partial charge in [-0.15, -0.1) is 0 Å². The maximum Gasteiger partial charge on any atom is 0.248 e. The smallest absolute Gasteiger partial charge is 0.248 e. The van der Waals surface area contributed by atoms with Crippen molar-refractivity contribution in [1.29, 1.82) is 0 Å². The highest BCUT2D eigenvalue weighted by Gasteiger charge is 2.15. The van der Waals surface area contributed by atoms with Crippen LogP contribution in [0.4, 0.5) is 0 Å². The molecule has 0 aliphatic rings. The number of nitrogens with two attached hydrogens (primary N) is 1. The Balaban J connectivity index is 2.05. The van der Waals surface area contributed by atoms with Crippen molar-refractivity contribution < 1.29 is 13.2 Å². The summed E-state index contributed by atoms with van der Waals surface area (Å²) in [7, 11) is -3.69. The zero-order valence-corrected chi connectivity index (χ0v) is 13.2. The van der Waals surface area contributed by atoms with E-state index in [-0.39, 0.29) is 17.0 Å². The summed E-state index contributed by atoms with van der Waals surface area (Å²) in [6, 6.07) is 12.8. The fourth-order valence-corrected chi connectivity index (χ4v) is 3.21. The molecular formula is C15H15ClN2O3S. The molecule has 0 unspecified atom stereocenters. The predicted molar refractivity (Wildman–Crippen MR) is 85.3 cm³/mol. The molecule has 3 N–H and O–H groups in total. The summed E-state index contributed by atoms with van der Waals surface area (Å²) in [5.74, 6) is -0.670. The Hall–Kier alpha value is -1.89. The molecule has 5 nitrogen and oxygen atoms in total. The van der Waals surface area contributed by atoms with E-state index in [1.807, 2.05) is 12.1 Å². The lowest BCUT2D eigenvalue weighted by molar-refractivity contribution is 0.1000. The van der Waals surface area contributed by atoms with Gasteiger partial charge in [0.15, 0.2) is 0 Å². The number of amides is 1. The van der Waals surface area contributed by atoms with E-state index in [2.05, 4.69) is 4.72 Å². The summed E-state index contributed by atoms with van der Waals surface area (Å²) in [5, 5.41) is 0.606. The second-order valence-corrected chi connectivity index (χ2v) is 6.87. The van der Waals surface area contributed by atoms with Gasteiger partial charge < -0.3 is 5.73 Å². The summed E-state index contributed by atoms with van der Waals surface area (Å²) >= 11 is 5.87. The zero-order valence-electron chi connectivity index (χ0n) is 11.6. The maximum atomic E-state index is 12.2. The molecule has 22 heavy (non-hydrogen) atoms. The number of nitrogens with one attached hydrogen (secondary N) is 1. The Morgan fingerprint density at radius 3 is 2.55 bits per heavy atom. The molecule has 0 bridgehead atoms. The van der Waals surface area contributed by atoms with E-state index in [4.69, 9.17) is 17.3 Å². The molecule has 0 aliphatic heterocycles. The van der Waals surface area contributed by atoms with Gasteiger partial charge in [-0.1, -0.05) is 29.8 Å². The molecule has 0 aliphatic carbocycles. The molecule has 7 heteroatoms. The lowest BCUT2D eigenvalue weighted by Gasteiger charge is -2.08. The average Bonchev–Trinajstić information content (AvgIpc) is 2.47. The van der Waals surface area contributed by atoms with Crippen LogP contribution >= 0.6 is 11.6 Å². The van der Waals surface area contributed by atoms with Gasteiger partial charge in [0.2, 0.25) is 15.9 Å². The molecule has 0 heterocycles. The second-order valence-electron chi connectivity index (χ2n) is 4.67. The highest BCUT2D eigenvalue weighted by atomic mass is 35.5. The Bertz CT molecular complexity index is 791. The van der Waals surface area contributed by atoms with Crippen LogP contribution in [-0.4, -0.2) is 20.9 Å². The highest BCUT2D eigenvalue weighted by molar-refractivity contribution is 7.89. The first kappa shape index (κ1) is 16.5. The third-order valence-corrected chi connectivity index (χ3v) is 4.72. The lowest BCUT2D eigenvalue weighted by Crippen LogP contribution is -2.26. The van der Waals surface area contributed by atoms with Gasteiger partial charge in [-0.3, -0.25) is 4.79 Å². The van der Waals surface area contributed by atoms with E-state index < -0.39 is 15.9 Å². The van der Waals surface area contributed by atoms with Crippen LogP contribution in [0.3, 0.4) is 0 Å². The number of benzene rings is 2. The van der Waals surface area contributed by atoms with Gasteiger partial charge >= 0.3 is 0 Å². The molecular weight excluding hydrogens is 324 g/mol. The van der Waals surface area contributed by atoms with E-state index in [9.17, 15) is 13.2 Å². The van der Waals surface area contributed by atoms with E-state index >= 15 is 0 Å². The number of rotatable bonds is 6. The molecule has 0 saturated carbocycles. The average molecular weight is 339 g/mol. The number of carbonyl (C=O) groups is 1. The molecule has 1 amide bonds. The van der Waals surface area contributed by atoms with Crippen LogP contribution in [0.1, 0.15) is 15.9 Å². The van der Waals surface area contributed by atoms with Crippen molar-refractivity contribution in [3.05, 3.63) is 64.7 Å². The molecule has 2 aromatic rings. The summed E-state index contributed by atoms with van der Waals surface area (Å²) < 4.78 is 26.8. The summed E-state index contributed by atoms with van der Waals surface area (Å²) in [6.45, 7) is 0.226. The van der Waals surface area contributed by atoms with Gasteiger partial charge in [0, 0.05) is 17.1 Å². The van der Waals surface area contributed by atoms with Crippen molar-refractivity contribution in [3.63, 3.8) is 0 Å². The minimum Gasteiger partial charge on any atom is -0.366 e. The van der Waals surface area contributed by atoms with Crippen LogP contribution in [0.2, 0.25) is 5.02 Å². The summed E-state index contributed by atoms with van der Waals surface area (Å²) in [5.41, 5.74) is 6.23. The monoisotopic (exact) mass is 338 g/mol. The summed E-state index contributed by atoms with van der Waals surface area (Å²) in [6.07, 6.45) is 0.509. The largest absolute Gasteiger partial charge is 0.366 e. The maximum absolute atomic E-state index is 12.2. The first-order valence-electron chi connectivity index (χ1n) is 6.52. The topological polar surface area (TPSA) is 89.3 Å². The molecule has 0 atom stereocenters. The minimum atomic E-state index is -3.69. The zero-order chi connectivity index (χ0) is 16.2. The van der Waals surface area contributed by atoms with Crippen molar-refractivity contribution in [2.45, 2.75) is 11.3 Å². The number of sulfonamides is 1. The van der Waals surface area contributed by atoms with Crippen LogP contribution in [-0.2, 0) is 16.4 Å². The lowest BCUT2D eigenvalue weighted by atomic mass is 10.2. The Morgan fingerprint density at radius 2 is 1.86 bits per heavy atom. The van der Waals surface area contributed by atoms with Crippen molar-refractivity contribution in [3.8, 4) is 0 Å². The van der Waals surface area contributed by atoms with Gasteiger partial charge in [-0.25, -0.2) is 13.1 Å². The van der Waals surface area contributed by atoms with Crippen molar-refractivity contribution >= 4 is 27.5 Å². The summed E-state index contributed by atoms with van der Waals surface area (Å²) in [4.78, 5) is 11.1. The standard InChI is InChI=1S/C15H15ClN2O3S/c16-13-5-1-3-11(9-13)7-8-18-22(20,21)14-6-2-4-12(10-14)15(17)19/h1-6,9-10,18H,7-8H2,(H2,17,19). The van der Waals surface area contributed by atoms with Gasteiger partial charge in [-0.2, -0.15) is 0 Å². The third-order valence-electron chi connectivity index (χ3n) is 3.02. The number of primary amides is 1. The van der Waals surface area contributed by atoms with Gasteiger partial charge in [-0.05, 0) is 42.3 Å². The fraction of sp³-hybridized carbons (Fsp3) is 0.133. The van der Waals surface area contributed by atoms with Crippen LogP contribution in [0.25, 0.3) is 0 Å². The molecule has 0 fully saturated rings. The first-order chi connectivity index (χ1) is 10.4. The number of hydrogen-bond acceptors (Lipinski definition) is 3. The number of halogens is 1. The van der Waals surface area contributed by atoms with Crippen LogP contribution in [0, 0.1) is 0 Å². The van der Waals surface area contributed by atoms with Gasteiger partial charge in [0.05, 0.1) is 4.90 Å². The fourth-order valence-electron chi connectivity index (χ4n) is 1.92. The normalized spacial score (nSPS) is 11.3. The van der Waals surface area contributed by atoms with E-state index in [0.717, 1.165) is 5.56 Å². The Morgan fingerprint density at radius 1 is 1.14 bits per heavy atom. The van der Waals surface area contributed by atoms with Crippen LogP contribution < -0.4 is 10.5 Å². The quantitative estimate of drug-likeness (QED) is 0.843. The van der Waals surface area contributed by atoms with E-state index in [1.165, 1.54) is 24.3 Å². The highest BCUT2D eigenvalue weighted by Crippen LogP contribution is 2.13. The first-order valence-corrected chi connectivity index (χ1v) is 8.38. The second kappa shape index (κ2) is 6.91. The molecule has 2 rings (SSSR count). The predicted octanol–water partition coefficient (Wildman–Crippen LogP) is 1.96. The molecule has 0 radical (unpaired) electrons. The molecule has 0 aromatic heterocycles. The minimum absolute atomic E-state index is 0.00916. The third kappa shape index (κ3) is 4.30. The molecule has 0 spiro atoms. The van der Waals surface area contributed by atoms with Crippen molar-refractivity contribution in [1.82, 2.24) is 4.72 Å². The Kier molecular flexibility index (Phi) is 5.18. The van der Waals surface area contributed by atoms with Gasteiger partial charge in [0.25, 0.3) is 0 Å². The molecule has 2 aromatic carbocycles. The number of carbonyl (C=O) groups excluding carboxylic acids is 1. The SMILES string of the molecule is NC(=O)c1cccc(S(=O)(=O)NCCc2cccc(Cl)c2)c1. The van der Waals surface area contributed by atoms with E-state index in [1.54, 1.807) is 12.1 Å². The number of hydrogen-bond donors (Lipinski definition) is 2. The van der Waals surface area contributed by atoms with E-state index in [0.29, 0.717) is 11.4 Å². The van der Waals surface area contributed by atoms with Crippen molar-refractivity contribution in [2.75, 3.05) is 6.54 Å². The van der Waals surface area contributed by atoms with Crippen molar-refractivity contribution in [2.24, 2.45) is 5.73 Å². The van der Waals surface area contributed by atoms with Crippen LogP contribution in [0.5, 0.6) is 0 Å². The van der Waals surface area contributed by atoms with Crippen LogP contribution in [0.15, 0.2) is 53.4 Å². The molecule has 0 saturated heterocycles.